The number of hydrogen-bond acceptors (Lipinski definition) is 4. The molecular formula is C13H16N2O3S. The number of carbonyl (C=O) groups is 2. The Morgan fingerprint density at radius 1 is 1.58 bits per heavy atom. The highest BCUT2D eigenvalue weighted by Gasteiger charge is 2.27. The number of nitrogens with zero attached hydrogens (tertiary/aromatic N) is 1. The Hall–Kier alpha value is -1.82. The molecule has 1 atom stereocenters. The van der Waals surface area contributed by atoms with Crippen LogP contribution >= 0.6 is 11.3 Å². The first-order valence-electron chi connectivity index (χ1n) is 6.02. The Labute approximate surface area is 115 Å². The zero-order valence-electron chi connectivity index (χ0n) is 10.7. The van der Waals surface area contributed by atoms with Crippen LogP contribution in [0, 0.1) is 0 Å². The maximum Gasteiger partial charge on any atom is 0.409 e. The van der Waals surface area contributed by atoms with Crippen LogP contribution in [0.25, 0.3) is 6.08 Å². The van der Waals surface area contributed by atoms with Crippen LogP contribution in [0.3, 0.4) is 0 Å². The Kier molecular flexibility index (Phi) is 4.57. The molecule has 1 aromatic heterocycles. The van der Waals surface area contributed by atoms with E-state index in [9.17, 15) is 9.59 Å². The lowest BCUT2D eigenvalue weighted by Crippen LogP contribution is -2.37. The summed E-state index contributed by atoms with van der Waals surface area (Å²) >= 11 is 1.59. The van der Waals surface area contributed by atoms with Gasteiger partial charge in [-0.05, 0) is 34.9 Å². The molecule has 0 aliphatic carbocycles. The molecule has 1 N–H and O–H groups in total. The van der Waals surface area contributed by atoms with Crippen molar-refractivity contribution in [2.75, 3.05) is 20.2 Å². The summed E-state index contributed by atoms with van der Waals surface area (Å²) in [7, 11) is 1.36. The second-order valence-electron chi connectivity index (χ2n) is 4.30. The maximum atomic E-state index is 11.7. The summed E-state index contributed by atoms with van der Waals surface area (Å²) in [6, 6.07) is 1.95. The van der Waals surface area contributed by atoms with Crippen molar-refractivity contribution >= 4 is 29.4 Å². The summed E-state index contributed by atoms with van der Waals surface area (Å²) in [6.45, 7) is 1.12. The summed E-state index contributed by atoms with van der Waals surface area (Å²) in [4.78, 5) is 24.6. The van der Waals surface area contributed by atoms with Crippen LogP contribution in [0.4, 0.5) is 4.79 Å². The van der Waals surface area contributed by atoms with Crippen LogP contribution in [0.15, 0.2) is 22.9 Å². The molecule has 5 nitrogen and oxygen atoms in total. The number of hydrogen-bond donors (Lipinski definition) is 1. The van der Waals surface area contributed by atoms with Crippen LogP contribution in [0.1, 0.15) is 12.0 Å². The Balaban J connectivity index is 1.79. The first kappa shape index (κ1) is 13.6. The summed E-state index contributed by atoms with van der Waals surface area (Å²) < 4.78 is 4.65. The number of thiophene rings is 1. The highest BCUT2D eigenvalue weighted by molar-refractivity contribution is 7.08. The first-order valence-corrected chi connectivity index (χ1v) is 6.97. The zero-order valence-corrected chi connectivity index (χ0v) is 11.5. The van der Waals surface area contributed by atoms with Crippen molar-refractivity contribution in [2.24, 2.45) is 0 Å². The van der Waals surface area contributed by atoms with Crippen molar-refractivity contribution in [1.82, 2.24) is 10.2 Å². The van der Waals surface area contributed by atoms with E-state index in [1.807, 2.05) is 16.8 Å². The smallest absolute Gasteiger partial charge is 0.409 e. The van der Waals surface area contributed by atoms with Crippen molar-refractivity contribution < 1.29 is 14.3 Å². The zero-order chi connectivity index (χ0) is 13.7. The van der Waals surface area contributed by atoms with Gasteiger partial charge in [-0.25, -0.2) is 4.79 Å². The Morgan fingerprint density at radius 2 is 2.42 bits per heavy atom. The fourth-order valence-electron chi connectivity index (χ4n) is 1.96. The van der Waals surface area contributed by atoms with Crippen molar-refractivity contribution in [3.63, 3.8) is 0 Å². The van der Waals surface area contributed by atoms with Gasteiger partial charge in [-0.1, -0.05) is 0 Å². The highest BCUT2D eigenvalue weighted by Crippen LogP contribution is 2.11. The number of carbonyl (C=O) groups excluding carboxylic acids is 2. The van der Waals surface area contributed by atoms with E-state index >= 15 is 0 Å². The number of rotatable bonds is 3. The third-order valence-corrected chi connectivity index (χ3v) is 3.64. The van der Waals surface area contributed by atoms with E-state index in [0.29, 0.717) is 13.1 Å². The van der Waals surface area contributed by atoms with Gasteiger partial charge in [-0.3, -0.25) is 4.79 Å². The minimum absolute atomic E-state index is 0.00118. The van der Waals surface area contributed by atoms with Gasteiger partial charge in [0.1, 0.15) is 0 Å². The summed E-state index contributed by atoms with van der Waals surface area (Å²) in [6.07, 6.45) is 3.71. The van der Waals surface area contributed by atoms with Crippen LogP contribution in [-0.2, 0) is 9.53 Å². The molecule has 2 rings (SSSR count). The predicted octanol–water partition coefficient (Wildman–Crippen LogP) is 1.72. The second-order valence-corrected chi connectivity index (χ2v) is 5.08. The molecule has 1 fully saturated rings. The summed E-state index contributed by atoms with van der Waals surface area (Å²) in [5.74, 6) is -0.136. The van der Waals surface area contributed by atoms with Gasteiger partial charge in [0.25, 0.3) is 0 Å². The maximum absolute atomic E-state index is 11.7. The lowest BCUT2D eigenvalue weighted by Gasteiger charge is -2.14. The lowest BCUT2D eigenvalue weighted by molar-refractivity contribution is -0.117. The molecule has 0 bridgehead atoms. The predicted molar refractivity (Wildman–Crippen MR) is 73.9 cm³/mol. The van der Waals surface area contributed by atoms with E-state index in [-0.39, 0.29) is 18.0 Å². The van der Waals surface area contributed by atoms with E-state index in [0.717, 1.165) is 12.0 Å². The van der Waals surface area contributed by atoms with Gasteiger partial charge in [0.2, 0.25) is 5.91 Å². The molecule has 102 valence electrons. The quantitative estimate of drug-likeness (QED) is 0.858. The number of ether oxygens (including phenoxy) is 1. The third-order valence-electron chi connectivity index (χ3n) is 2.94. The normalized spacial score (nSPS) is 18.8. The molecule has 2 heterocycles. The molecule has 1 aliphatic rings. The first-order chi connectivity index (χ1) is 9.19. The van der Waals surface area contributed by atoms with Gasteiger partial charge < -0.3 is 15.0 Å². The van der Waals surface area contributed by atoms with Crippen molar-refractivity contribution in [3.8, 4) is 0 Å². The van der Waals surface area contributed by atoms with E-state index < -0.39 is 0 Å². The van der Waals surface area contributed by atoms with Gasteiger partial charge in [-0.2, -0.15) is 11.3 Å². The fraction of sp³-hybridized carbons (Fsp3) is 0.385. The Bertz CT molecular complexity index is 470. The van der Waals surface area contributed by atoms with E-state index in [4.69, 9.17) is 0 Å². The number of likely N-dealkylation sites (tertiary alicyclic amines) is 1. The average molecular weight is 280 g/mol. The number of nitrogens with one attached hydrogen (secondary N) is 1. The van der Waals surface area contributed by atoms with Gasteiger partial charge in [0.05, 0.1) is 7.11 Å². The van der Waals surface area contributed by atoms with E-state index in [1.165, 1.54) is 13.2 Å². The van der Waals surface area contributed by atoms with Crippen molar-refractivity contribution in [3.05, 3.63) is 28.5 Å². The van der Waals surface area contributed by atoms with Crippen LogP contribution in [0.5, 0.6) is 0 Å². The summed E-state index contributed by atoms with van der Waals surface area (Å²) in [5, 5.41) is 6.81. The van der Waals surface area contributed by atoms with Gasteiger partial charge >= 0.3 is 6.09 Å². The van der Waals surface area contributed by atoms with Crippen molar-refractivity contribution in [1.29, 1.82) is 0 Å². The minimum Gasteiger partial charge on any atom is -0.453 e. The Morgan fingerprint density at radius 3 is 3.11 bits per heavy atom. The van der Waals surface area contributed by atoms with E-state index in [1.54, 1.807) is 22.3 Å². The van der Waals surface area contributed by atoms with Crippen LogP contribution in [-0.4, -0.2) is 43.1 Å². The molecular weight excluding hydrogens is 264 g/mol. The monoisotopic (exact) mass is 280 g/mol. The number of methoxy groups -OCH3 is 1. The molecule has 0 unspecified atom stereocenters. The van der Waals surface area contributed by atoms with E-state index in [2.05, 4.69) is 10.1 Å². The average Bonchev–Trinajstić information content (AvgIpc) is 3.06. The number of amides is 2. The van der Waals surface area contributed by atoms with Gasteiger partial charge in [-0.15, -0.1) is 0 Å². The highest BCUT2D eigenvalue weighted by atomic mass is 32.1. The minimum atomic E-state index is -0.342. The molecule has 0 spiro atoms. The van der Waals surface area contributed by atoms with Crippen molar-refractivity contribution in [2.45, 2.75) is 12.5 Å². The molecule has 6 heteroatoms. The largest absolute Gasteiger partial charge is 0.453 e. The second kappa shape index (κ2) is 6.38. The van der Waals surface area contributed by atoms with Gasteiger partial charge in [0.15, 0.2) is 0 Å². The summed E-state index contributed by atoms with van der Waals surface area (Å²) in [5.41, 5.74) is 1.02. The molecule has 2 amide bonds. The molecule has 1 saturated heterocycles. The van der Waals surface area contributed by atoms with Crippen LogP contribution in [0.2, 0.25) is 0 Å². The molecule has 1 aliphatic heterocycles. The standard InChI is InChI=1S/C13H16N2O3S/c1-18-13(17)15-6-4-11(8-15)14-12(16)3-2-10-5-7-19-9-10/h2-3,5,7,9,11H,4,6,8H2,1H3,(H,14,16)/b3-2+/t11-/m1/s1. The topological polar surface area (TPSA) is 58.6 Å². The molecule has 0 aromatic carbocycles. The molecule has 0 radical (unpaired) electrons. The molecule has 19 heavy (non-hydrogen) atoms. The molecule has 0 saturated carbocycles. The lowest BCUT2D eigenvalue weighted by atomic mass is 10.2. The SMILES string of the molecule is COC(=O)N1CC[C@@H](NC(=O)/C=C/c2ccsc2)C1. The third kappa shape index (κ3) is 3.82. The van der Waals surface area contributed by atoms with Gasteiger partial charge in [0, 0.05) is 25.2 Å². The van der Waals surface area contributed by atoms with Crippen LogP contribution < -0.4 is 5.32 Å². The fourth-order valence-corrected chi connectivity index (χ4v) is 2.59. The molecule has 1 aromatic rings.